The van der Waals surface area contributed by atoms with Crippen molar-refractivity contribution in [2.75, 3.05) is 6.54 Å². The van der Waals surface area contributed by atoms with Gasteiger partial charge in [0, 0.05) is 0 Å². The predicted molar refractivity (Wildman–Crippen MR) is 37.7 cm³/mol. The number of hydrogen-bond donors (Lipinski definition) is 1. The van der Waals surface area contributed by atoms with E-state index in [1.807, 2.05) is 13.8 Å². The number of nitrogens with one attached hydrogen (secondary N) is 1. The molecule has 11 heavy (non-hydrogen) atoms. The van der Waals surface area contributed by atoms with Crippen LogP contribution in [0.25, 0.3) is 0 Å². The molecule has 4 nitrogen and oxygen atoms in total. The van der Waals surface area contributed by atoms with E-state index in [-0.39, 0.29) is 24.3 Å². The molecule has 1 aliphatic heterocycles. The van der Waals surface area contributed by atoms with E-state index in [1.54, 1.807) is 0 Å². The lowest BCUT2D eigenvalue weighted by Gasteiger charge is -2.24. The number of carbonyl (C=O) groups excluding carboxylic acids is 2. The number of esters is 1. The molecule has 1 amide bonds. The van der Waals surface area contributed by atoms with E-state index >= 15 is 0 Å². The van der Waals surface area contributed by atoms with Crippen molar-refractivity contribution >= 4 is 11.9 Å². The molecule has 0 aliphatic carbocycles. The summed E-state index contributed by atoms with van der Waals surface area (Å²) in [6, 6.07) is 0. The Morgan fingerprint density at radius 2 is 2.18 bits per heavy atom. The highest BCUT2D eigenvalue weighted by Crippen LogP contribution is 2.09. The van der Waals surface area contributed by atoms with Crippen LogP contribution < -0.4 is 5.32 Å². The zero-order chi connectivity index (χ0) is 8.43. The minimum absolute atomic E-state index is 0.00204. The Morgan fingerprint density at radius 1 is 1.55 bits per heavy atom. The maximum Gasteiger partial charge on any atom is 0.326 e. The Balaban J connectivity index is 2.61. The monoisotopic (exact) mass is 157 g/mol. The first-order valence-electron chi connectivity index (χ1n) is 3.58. The van der Waals surface area contributed by atoms with E-state index in [2.05, 4.69) is 5.32 Å². The molecule has 62 valence electrons. The molecule has 1 saturated heterocycles. The predicted octanol–water partition coefficient (Wildman–Crippen LogP) is -0.316. The molecule has 1 fully saturated rings. The number of cyclic esters (lactones) is 1. The topological polar surface area (TPSA) is 55.4 Å². The highest BCUT2D eigenvalue weighted by Gasteiger charge is 2.30. The Labute approximate surface area is 64.9 Å². The van der Waals surface area contributed by atoms with Crippen LogP contribution in [-0.2, 0) is 14.3 Å². The largest absolute Gasteiger partial charge is 0.451 e. The molecule has 4 heteroatoms. The Hall–Kier alpha value is -1.06. The third-order valence-electron chi connectivity index (χ3n) is 1.53. The first-order chi connectivity index (χ1) is 5.11. The molecule has 1 rings (SSSR count). The summed E-state index contributed by atoms with van der Waals surface area (Å²) < 4.78 is 4.81. The summed E-state index contributed by atoms with van der Waals surface area (Å²) in [4.78, 5) is 21.7. The average Bonchev–Trinajstić information content (AvgIpc) is 1.94. The van der Waals surface area contributed by atoms with Crippen LogP contribution in [0.1, 0.15) is 13.8 Å². The van der Waals surface area contributed by atoms with Crippen molar-refractivity contribution in [1.29, 1.82) is 0 Å². The molecule has 0 spiro atoms. The van der Waals surface area contributed by atoms with Crippen molar-refractivity contribution in [3.05, 3.63) is 0 Å². The normalized spacial score (nSPS) is 24.8. The first-order valence-corrected chi connectivity index (χ1v) is 3.58. The molecule has 0 aromatic rings. The van der Waals surface area contributed by atoms with E-state index in [4.69, 9.17) is 4.74 Å². The fourth-order valence-electron chi connectivity index (χ4n) is 0.936. The quantitative estimate of drug-likeness (QED) is 0.531. The maximum absolute atomic E-state index is 11.0. The number of morpholine rings is 1. The van der Waals surface area contributed by atoms with Gasteiger partial charge in [-0.2, -0.15) is 0 Å². The number of carbonyl (C=O) groups is 2. The summed E-state index contributed by atoms with van der Waals surface area (Å²) >= 11 is 0. The van der Waals surface area contributed by atoms with E-state index in [9.17, 15) is 9.59 Å². The highest BCUT2D eigenvalue weighted by molar-refractivity contribution is 5.90. The van der Waals surface area contributed by atoms with Crippen LogP contribution in [0.15, 0.2) is 0 Å². The van der Waals surface area contributed by atoms with E-state index in [0.717, 1.165) is 0 Å². The Morgan fingerprint density at radius 3 is 2.64 bits per heavy atom. The van der Waals surface area contributed by atoms with Crippen molar-refractivity contribution in [3.63, 3.8) is 0 Å². The molecule has 0 aromatic carbocycles. The second kappa shape index (κ2) is 2.90. The molecule has 1 N–H and O–H groups in total. The minimum atomic E-state index is -0.601. The lowest BCUT2D eigenvalue weighted by molar-refractivity contribution is -0.164. The molecule has 1 heterocycles. The van der Waals surface area contributed by atoms with E-state index in [1.165, 1.54) is 0 Å². The van der Waals surface area contributed by atoms with Crippen molar-refractivity contribution in [2.45, 2.75) is 20.0 Å². The number of hydrogen-bond acceptors (Lipinski definition) is 3. The SMILES string of the molecule is CC(C)[C@@H]1OC(=O)CNC1=O. The van der Waals surface area contributed by atoms with Gasteiger partial charge in [0.2, 0.25) is 0 Å². The second-order valence-electron chi connectivity index (χ2n) is 2.87. The van der Waals surface area contributed by atoms with E-state index < -0.39 is 6.10 Å². The van der Waals surface area contributed by atoms with Crippen LogP contribution in [0.4, 0.5) is 0 Å². The summed E-state index contributed by atoms with van der Waals surface area (Å²) in [6.45, 7) is 3.67. The molecule has 0 saturated carbocycles. The van der Waals surface area contributed by atoms with Crippen molar-refractivity contribution in [2.24, 2.45) is 5.92 Å². The lowest BCUT2D eigenvalue weighted by atomic mass is 10.1. The van der Waals surface area contributed by atoms with Crippen LogP contribution >= 0.6 is 0 Å². The molecule has 0 bridgehead atoms. The van der Waals surface area contributed by atoms with Gasteiger partial charge in [-0.25, -0.2) is 0 Å². The van der Waals surface area contributed by atoms with Crippen LogP contribution in [0.3, 0.4) is 0 Å². The molecule has 0 unspecified atom stereocenters. The van der Waals surface area contributed by atoms with Crippen LogP contribution in [-0.4, -0.2) is 24.5 Å². The molecular weight excluding hydrogens is 146 g/mol. The third kappa shape index (κ3) is 1.69. The van der Waals surface area contributed by atoms with Gasteiger partial charge in [-0.3, -0.25) is 9.59 Å². The smallest absolute Gasteiger partial charge is 0.326 e. The van der Waals surface area contributed by atoms with Crippen LogP contribution in [0.5, 0.6) is 0 Å². The summed E-state index contributed by atoms with van der Waals surface area (Å²) in [7, 11) is 0. The van der Waals surface area contributed by atoms with Gasteiger partial charge in [0.05, 0.1) is 0 Å². The number of ether oxygens (including phenoxy) is 1. The lowest BCUT2D eigenvalue weighted by Crippen LogP contribution is -2.49. The number of rotatable bonds is 1. The molecular formula is C7H11NO3. The summed E-state index contributed by atoms with van der Waals surface area (Å²) in [5, 5.41) is 2.45. The van der Waals surface area contributed by atoms with Gasteiger partial charge in [0.15, 0.2) is 6.10 Å². The molecule has 0 aromatic heterocycles. The zero-order valence-corrected chi connectivity index (χ0v) is 6.59. The van der Waals surface area contributed by atoms with E-state index in [0.29, 0.717) is 0 Å². The standard InChI is InChI=1S/C7H11NO3/c1-4(2)6-7(10)8-3-5(9)11-6/h4,6H,3H2,1-2H3,(H,8,10)/t6-/m0/s1. The van der Waals surface area contributed by atoms with Crippen LogP contribution in [0, 0.1) is 5.92 Å². The summed E-state index contributed by atoms with van der Waals surface area (Å²) in [6.07, 6.45) is -0.601. The van der Waals surface area contributed by atoms with Gasteiger partial charge in [-0.15, -0.1) is 0 Å². The highest BCUT2D eigenvalue weighted by atomic mass is 16.6. The Kier molecular flexibility index (Phi) is 2.12. The maximum atomic E-state index is 11.0. The minimum Gasteiger partial charge on any atom is -0.451 e. The van der Waals surface area contributed by atoms with Crippen molar-refractivity contribution < 1.29 is 14.3 Å². The van der Waals surface area contributed by atoms with Gasteiger partial charge in [0.25, 0.3) is 5.91 Å². The average molecular weight is 157 g/mol. The van der Waals surface area contributed by atoms with Gasteiger partial charge in [0.1, 0.15) is 6.54 Å². The van der Waals surface area contributed by atoms with Gasteiger partial charge >= 0.3 is 5.97 Å². The first kappa shape index (κ1) is 8.04. The Bertz CT molecular complexity index is 188. The fourth-order valence-corrected chi connectivity index (χ4v) is 0.936. The van der Waals surface area contributed by atoms with Crippen molar-refractivity contribution in [1.82, 2.24) is 5.32 Å². The molecule has 1 aliphatic rings. The van der Waals surface area contributed by atoms with Crippen LogP contribution in [0.2, 0.25) is 0 Å². The fraction of sp³-hybridized carbons (Fsp3) is 0.714. The van der Waals surface area contributed by atoms with Gasteiger partial charge in [-0.1, -0.05) is 13.8 Å². The van der Waals surface area contributed by atoms with Crippen molar-refractivity contribution in [3.8, 4) is 0 Å². The van der Waals surface area contributed by atoms with Gasteiger partial charge in [-0.05, 0) is 5.92 Å². The number of amides is 1. The summed E-state index contributed by atoms with van der Waals surface area (Å²) in [5.41, 5.74) is 0. The molecule has 0 radical (unpaired) electrons. The zero-order valence-electron chi connectivity index (χ0n) is 6.59. The summed E-state index contributed by atoms with van der Waals surface area (Å²) in [5.74, 6) is -0.512. The third-order valence-corrected chi connectivity index (χ3v) is 1.53. The second-order valence-corrected chi connectivity index (χ2v) is 2.87. The van der Waals surface area contributed by atoms with Gasteiger partial charge < -0.3 is 10.1 Å². The molecule has 1 atom stereocenters.